The minimum atomic E-state index is -1.29. The topological polar surface area (TPSA) is 110 Å². The first-order valence-corrected chi connectivity index (χ1v) is 8.77. The lowest BCUT2D eigenvalue weighted by Gasteiger charge is -2.29. The zero-order valence-electron chi connectivity index (χ0n) is 14.4. The van der Waals surface area contributed by atoms with Gasteiger partial charge in [0.1, 0.15) is 11.6 Å². The quantitative estimate of drug-likeness (QED) is 0.584. The van der Waals surface area contributed by atoms with Crippen molar-refractivity contribution in [2.24, 2.45) is 5.92 Å². The SMILES string of the molecule is CN1CCCC/C=C/C2CC2(C(=O)O)NC(=O)C2CC(O)CN2C1=O. The molecule has 0 aromatic heterocycles. The van der Waals surface area contributed by atoms with E-state index in [9.17, 15) is 24.6 Å². The number of nitrogens with zero attached hydrogens (tertiary/aromatic N) is 2. The molecule has 3 rings (SSSR count). The summed E-state index contributed by atoms with van der Waals surface area (Å²) in [5, 5.41) is 22.1. The summed E-state index contributed by atoms with van der Waals surface area (Å²) in [6, 6.07) is -1.14. The Morgan fingerprint density at radius 3 is 2.84 bits per heavy atom. The normalized spacial score (nSPS) is 37.6. The molecule has 4 atom stereocenters. The lowest BCUT2D eigenvalue weighted by molar-refractivity contribution is -0.144. The van der Waals surface area contributed by atoms with Gasteiger partial charge in [-0.1, -0.05) is 12.2 Å². The van der Waals surface area contributed by atoms with Crippen molar-refractivity contribution in [3.8, 4) is 0 Å². The fourth-order valence-corrected chi connectivity index (χ4v) is 3.73. The molecule has 8 nitrogen and oxygen atoms in total. The maximum atomic E-state index is 12.7. The van der Waals surface area contributed by atoms with E-state index < -0.39 is 29.6 Å². The Labute approximate surface area is 146 Å². The molecule has 8 heteroatoms. The van der Waals surface area contributed by atoms with Crippen molar-refractivity contribution in [3.63, 3.8) is 0 Å². The second-order valence-electron chi connectivity index (χ2n) is 7.26. The predicted octanol–water partition coefficient (Wildman–Crippen LogP) is 0.173. The van der Waals surface area contributed by atoms with E-state index in [2.05, 4.69) is 5.32 Å². The molecule has 1 saturated carbocycles. The van der Waals surface area contributed by atoms with Crippen LogP contribution in [0.4, 0.5) is 4.79 Å². The summed E-state index contributed by atoms with van der Waals surface area (Å²) in [7, 11) is 1.68. The maximum Gasteiger partial charge on any atom is 0.330 e. The van der Waals surface area contributed by atoms with E-state index in [0.29, 0.717) is 13.0 Å². The molecule has 2 aliphatic heterocycles. The van der Waals surface area contributed by atoms with Crippen LogP contribution in [0.5, 0.6) is 0 Å². The van der Waals surface area contributed by atoms with Gasteiger partial charge < -0.3 is 25.3 Å². The molecule has 0 bridgehead atoms. The van der Waals surface area contributed by atoms with Crippen LogP contribution in [0.2, 0.25) is 0 Å². The lowest BCUT2D eigenvalue weighted by atomic mass is 10.1. The van der Waals surface area contributed by atoms with E-state index in [4.69, 9.17) is 0 Å². The number of carbonyl (C=O) groups excluding carboxylic acids is 2. The molecule has 0 aromatic rings. The molecule has 0 spiro atoms. The van der Waals surface area contributed by atoms with Gasteiger partial charge in [0.25, 0.3) is 0 Å². The third-order valence-corrected chi connectivity index (χ3v) is 5.38. The smallest absolute Gasteiger partial charge is 0.330 e. The number of aliphatic hydroxyl groups excluding tert-OH is 1. The van der Waals surface area contributed by atoms with E-state index in [-0.39, 0.29) is 24.9 Å². The predicted molar refractivity (Wildman–Crippen MR) is 88.8 cm³/mol. The fraction of sp³-hybridized carbons (Fsp3) is 0.706. The number of carbonyl (C=O) groups is 3. The van der Waals surface area contributed by atoms with Gasteiger partial charge in [0.05, 0.1) is 6.10 Å². The highest BCUT2D eigenvalue weighted by Crippen LogP contribution is 2.45. The van der Waals surface area contributed by atoms with Crippen LogP contribution in [0.15, 0.2) is 12.2 Å². The molecule has 1 saturated heterocycles. The summed E-state index contributed by atoms with van der Waals surface area (Å²) in [6.45, 7) is 0.667. The summed E-state index contributed by atoms with van der Waals surface area (Å²) < 4.78 is 0. The summed E-state index contributed by atoms with van der Waals surface area (Å²) in [6.07, 6.45) is 6.08. The van der Waals surface area contributed by atoms with Crippen LogP contribution in [0.25, 0.3) is 0 Å². The standard InChI is InChI=1S/C17H25N3O5/c1-19-7-5-3-2-4-6-11-9-17(11,15(23)24)18-14(22)13-8-12(21)10-20(13)16(19)25/h4,6,11-13,21H,2-3,5,7-10H2,1H3,(H,18,22)(H,23,24)/b6-4+. The van der Waals surface area contributed by atoms with Crippen molar-refractivity contribution in [3.05, 3.63) is 12.2 Å². The zero-order chi connectivity index (χ0) is 18.2. The lowest BCUT2D eigenvalue weighted by Crippen LogP contribution is -2.54. The summed E-state index contributed by atoms with van der Waals surface area (Å²) in [4.78, 5) is 39.9. The van der Waals surface area contributed by atoms with Gasteiger partial charge in [-0.05, 0) is 25.7 Å². The Morgan fingerprint density at radius 2 is 2.12 bits per heavy atom. The van der Waals surface area contributed by atoms with Crippen LogP contribution in [0.1, 0.15) is 32.1 Å². The minimum Gasteiger partial charge on any atom is -0.479 e. The molecule has 0 radical (unpaired) electrons. The van der Waals surface area contributed by atoms with E-state index in [1.807, 2.05) is 12.2 Å². The number of nitrogens with one attached hydrogen (secondary N) is 1. The van der Waals surface area contributed by atoms with Crippen molar-refractivity contribution >= 4 is 17.9 Å². The number of hydrogen-bond acceptors (Lipinski definition) is 4. The number of aliphatic hydroxyl groups is 1. The number of allylic oxidation sites excluding steroid dienone is 1. The van der Waals surface area contributed by atoms with Crippen LogP contribution >= 0.6 is 0 Å². The van der Waals surface area contributed by atoms with Crippen molar-refractivity contribution in [1.82, 2.24) is 15.1 Å². The summed E-state index contributed by atoms with van der Waals surface area (Å²) in [5.74, 6) is -1.79. The van der Waals surface area contributed by atoms with Gasteiger partial charge >= 0.3 is 12.0 Å². The van der Waals surface area contributed by atoms with Crippen LogP contribution in [0, 0.1) is 5.92 Å². The zero-order valence-corrected chi connectivity index (χ0v) is 14.4. The van der Waals surface area contributed by atoms with Crippen LogP contribution in [0.3, 0.4) is 0 Å². The molecule has 3 aliphatic rings. The first-order valence-electron chi connectivity index (χ1n) is 8.77. The first-order chi connectivity index (χ1) is 11.8. The van der Waals surface area contributed by atoms with Crippen molar-refractivity contribution < 1.29 is 24.6 Å². The fourth-order valence-electron chi connectivity index (χ4n) is 3.73. The van der Waals surface area contributed by atoms with Crippen LogP contribution in [-0.4, -0.2) is 75.7 Å². The van der Waals surface area contributed by atoms with E-state index in [0.717, 1.165) is 19.3 Å². The number of rotatable bonds is 1. The summed E-state index contributed by atoms with van der Waals surface area (Å²) in [5.41, 5.74) is -1.29. The number of urea groups is 1. The minimum absolute atomic E-state index is 0.0880. The van der Waals surface area contributed by atoms with Gasteiger partial charge in [-0.15, -0.1) is 0 Å². The highest BCUT2D eigenvalue weighted by atomic mass is 16.4. The van der Waals surface area contributed by atoms with Crippen molar-refractivity contribution in [2.45, 2.75) is 49.8 Å². The van der Waals surface area contributed by atoms with Gasteiger partial charge in [0, 0.05) is 32.5 Å². The maximum absolute atomic E-state index is 12.7. The molecule has 4 unspecified atom stereocenters. The number of fused-ring (bicyclic) bond motifs is 2. The molecule has 25 heavy (non-hydrogen) atoms. The molecule has 0 aromatic carbocycles. The molecule has 138 valence electrons. The molecule has 2 heterocycles. The average Bonchev–Trinajstić information content (AvgIpc) is 3.11. The average molecular weight is 351 g/mol. The Kier molecular flexibility index (Phi) is 4.73. The highest BCUT2D eigenvalue weighted by molar-refractivity contribution is 5.94. The third-order valence-electron chi connectivity index (χ3n) is 5.38. The van der Waals surface area contributed by atoms with Gasteiger partial charge in [-0.3, -0.25) is 4.79 Å². The van der Waals surface area contributed by atoms with Crippen molar-refractivity contribution in [2.75, 3.05) is 20.1 Å². The van der Waals surface area contributed by atoms with Gasteiger partial charge in [0.15, 0.2) is 0 Å². The van der Waals surface area contributed by atoms with Crippen LogP contribution in [-0.2, 0) is 9.59 Å². The number of amides is 3. The Morgan fingerprint density at radius 1 is 1.36 bits per heavy atom. The number of carboxylic acid groups (broad SMARTS) is 1. The molecule has 2 fully saturated rings. The van der Waals surface area contributed by atoms with Gasteiger partial charge in [-0.2, -0.15) is 0 Å². The largest absolute Gasteiger partial charge is 0.479 e. The monoisotopic (exact) mass is 351 g/mol. The highest BCUT2D eigenvalue weighted by Gasteiger charge is 2.61. The number of hydrogen-bond donors (Lipinski definition) is 3. The molecular weight excluding hydrogens is 326 g/mol. The summed E-state index contributed by atoms with van der Waals surface area (Å²) >= 11 is 0. The molecule has 1 aliphatic carbocycles. The number of carboxylic acids is 1. The van der Waals surface area contributed by atoms with Gasteiger partial charge in [0.2, 0.25) is 5.91 Å². The third kappa shape index (κ3) is 3.35. The van der Waals surface area contributed by atoms with Crippen LogP contribution < -0.4 is 5.32 Å². The second-order valence-corrected chi connectivity index (χ2v) is 7.26. The Balaban J connectivity index is 1.85. The Hall–Kier alpha value is -2.09. The first kappa shape index (κ1) is 17.7. The van der Waals surface area contributed by atoms with Gasteiger partial charge in [-0.25, -0.2) is 9.59 Å². The molecular formula is C17H25N3O5. The molecule has 3 N–H and O–H groups in total. The van der Waals surface area contributed by atoms with E-state index in [1.54, 1.807) is 11.9 Å². The second kappa shape index (κ2) is 6.67. The number of aliphatic carboxylic acids is 1. The van der Waals surface area contributed by atoms with E-state index >= 15 is 0 Å². The Bertz CT molecular complexity index is 607. The molecule has 3 amide bonds. The van der Waals surface area contributed by atoms with Crippen molar-refractivity contribution in [1.29, 1.82) is 0 Å². The van der Waals surface area contributed by atoms with E-state index in [1.165, 1.54) is 4.90 Å².